The van der Waals surface area contributed by atoms with Gasteiger partial charge in [-0.15, -0.1) is 11.3 Å². The molecule has 29 heavy (non-hydrogen) atoms. The second-order valence-corrected chi connectivity index (χ2v) is 7.80. The number of carbonyl (C=O) groups is 2. The van der Waals surface area contributed by atoms with Crippen LogP contribution in [-0.4, -0.2) is 26.9 Å². The quantitative estimate of drug-likeness (QED) is 0.618. The Bertz CT molecular complexity index is 979. The number of rotatable bonds is 7. The van der Waals surface area contributed by atoms with Crippen molar-refractivity contribution >= 4 is 28.3 Å². The minimum absolute atomic E-state index is 0.0264. The van der Waals surface area contributed by atoms with Gasteiger partial charge in [-0.2, -0.15) is 4.98 Å². The van der Waals surface area contributed by atoms with E-state index in [2.05, 4.69) is 25.8 Å². The van der Waals surface area contributed by atoms with Gasteiger partial charge in [0.15, 0.2) is 5.13 Å². The van der Waals surface area contributed by atoms with Gasteiger partial charge in [-0.25, -0.2) is 4.98 Å². The van der Waals surface area contributed by atoms with Gasteiger partial charge in [0.05, 0.1) is 18.7 Å². The molecule has 3 aromatic rings. The van der Waals surface area contributed by atoms with Crippen molar-refractivity contribution in [3.05, 3.63) is 47.3 Å². The number of nitrogens with one attached hydrogen (secondary N) is 2. The normalized spacial score (nSPS) is 14.1. The number of anilines is 1. The predicted molar refractivity (Wildman–Crippen MR) is 108 cm³/mol. The molecular formula is C20H21N5O3S. The van der Waals surface area contributed by atoms with Crippen molar-refractivity contribution in [3.8, 4) is 11.4 Å². The molecule has 9 heteroatoms. The van der Waals surface area contributed by atoms with Gasteiger partial charge in [0, 0.05) is 16.9 Å². The van der Waals surface area contributed by atoms with Gasteiger partial charge >= 0.3 is 0 Å². The first-order valence-corrected chi connectivity index (χ1v) is 10.5. The molecule has 0 bridgehead atoms. The van der Waals surface area contributed by atoms with Crippen molar-refractivity contribution in [2.75, 3.05) is 5.32 Å². The fraction of sp³-hybridized carbons (Fsp3) is 0.350. The summed E-state index contributed by atoms with van der Waals surface area (Å²) in [7, 11) is 0. The first-order valence-electron chi connectivity index (χ1n) is 9.57. The predicted octanol–water partition coefficient (Wildman–Crippen LogP) is 3.18. The van der Waals surface area contributed by atoms with Crippen LogP contribution in [0.15, 0.2) is 40.2 Å². The van der Waals surface area contributed by atoms with E-state index in [1.54, 1.807) is 5.38 Å². The topological polar surface area (TPSA) is 110 Å². The zero-order chi connectivity index (χ0) is 20.1. The SMILES string of the molecule is O=C(Cc1csc(NC(=O)C2CCCC2)n1)NCc1nc(-c2ccccc2)no1. The van der Waals surface area contributed by atoms with E-state index in [4.69, 9.17) is 4.52 Å². The van der Waals surface area contributed by atoms with E-state index in [1.807, 2.05) is 30.3 Å². The van der Waals surface area contributed by atoms with Crippen LogP contribution in [0.2, 0.25) is 0 Å². The lowest BCUT2D eigenvalue weighted by Gasteiger charge is -2.07. The van der Waals surface area contributed by atoms with Crippen LogP contribution in [0.4, 0.5) is 5.13 Å². The molecule has 2 heterocycles. The van der Waals surface area contributed by atoms with E-state index < -0.39 is 0 Å². The van der Waals surface area contributed by atoms with E-state index in [9.17, 15) is 9.59 Å². The van der Waals surface area contributed by atoms with Gasteiger partial charge in [-0.1, -0.05) is 48.3 Å². The lowest BCUT2D eigenvalue weighted by atomic mass is 10.1. The fourth-order valence-corrected chi connectivity index (χ4v) is 3.99. The first-order chi connectivity index (χ1) is 14.2. The molecule has 2 aromatic heterocycles. The lowest BCUT2D eigenvalue weighted by Crippen LogP contribution is -2.25. The molecule has 1 fully saturated rings. The zero-order valence-corrected chi connectivity index (χ0v) is 16.6. The van der Waals surface area contributed by atoms with Crippen LogP contribution in [-0.2, 0) is 22.6 Å². The smallest absolute Gasteiger partial charge is 0.246 e. The highest BCUT2D eigenvalue weighted by molar-refractivity contribution is 7.13. The van der Waals surface area contributed by atoms with Gasteiger partial charge in [0.1, 0.15) is 0 Å². The number of amides is 2. The van der Waals surface area contributed by atoms with E-state index >= 15 is 0 Å². The molecule has 1 aliphatic carbocycles. The molecule has 1 aliphatic rings. The molecule has 2 N–H and O–H groups in total. The van der Waals surface area contributed by atoms with Crippen LogP contribution in [0, 0.1) is 5.92 Å². The lowest BCUT2D eigenvalue weighted by molar-refractivity contribution is -0.121. The number of benzene rings is 1. The average molecular weight is 411 g/mol. The summed E-state index contributed by atoms with van der Waals surface area (Å²) < 4.78 is 5.18. The Morgan fingerprint density at radius 2 is 1.93 bits per heavy atom. The van der Waals surface area contributed by atoms with Crippen molar-refractivity contribution in [1.82, 2.24) is 20.4 Å². The summed E-state index contributed by atoms with van der Waals surface area (Å²) in [5.41, 5.74) is 1.47. The van der Waals surface area contributed by atoms with Crippen LogP contribution in [0.5, 0.6) is 0 Å². The summed E-state index contributed by atoms with van der Waals surface area (Å²) in [6.45, 7) is 0.147. The van der Waals surface area contributed by atoms with Gasteiger partial charge in [-0.3, -0.25) is 9.59 Å². The Morgan fingerprint density at radius 3 is 2.72 bits per heavy atom. The third-order valence-electron chi connectivity index (χ3n) is 4.79. The van der Waals surface area contributed by atoms with Crippen molar-refractivity contribution in [1.29, 1.82) is 0 Å². The fourth-order valence-electron chi connectivity index (χ4n) is 3.27. The van der Waals surface area contributed by atoms with Crippen molar-refractivity contribution in [2.45, 2.75) is 38.6 Å². The number of hydrogen-bond acceptors (Lipinski definition) is 7. The maximum absolute atomic E-state index is 12.2. The summed E-state index contributed by atoms with van der Waals surface area (Å²) in [6.07, 6.45) is 4.21. The summed E-state index contributed by atoms with van der Waals surface area (Å²) >= 11 is 1.33. The van der Waals surface area contributed by atoms with E-state index in [1.165, 1.54) is 11.3 Å². The maximum Gasteiger partial charge on any atom is 0.246 e. The minimum Gasteiger partial charge on any atom is -0.347 e. The summed E-state index contributed by atoms with van der Waals surface area (Å²) in [6, 6.07) is 9.47. The molecule has 2 amide bonds. The molecule has 0 spiro atoms. The van der Waals surface area contributed by atoms with E-state index in [0.29, 0.717) is 22.5 Å². The van der Waals surface area contributed by atoms with Gasteiger partial charge in [-0.05, 0) is 12.8 Å². The number of carbonyl (C=O) groups excluding carboxylic acids is 2. The highest BCUT2D eigenvalue weighted by atomic mass is 32.1. The molecular weight excluding hydrogens is 390 g/mol. The molecule has 0 unspecified atom stereocenters. The van der Waals surface area contributed by atoms with Crippen LogP contribution >= 0.6 is 11.3 Å². The average Bonchev–Trinajstić information content (AvgIpc) is 3.49. The standard InChI is InChI=1S/C20H21N5O3S/c26-16(21-11-17-23-18(25-28-17)13-6-2-1-3-7-13)10-15-12-29-20(22-15)24-19(27)14-8-4-5-9-14/h1-3,6-7,12,14H,4-5,8-11H2,(H,21,26)(H,22,24,27). The largest absolute Gasteiger partial charge is 0.347 e. The Labute approximate surface area is 171 Å². The number of hydrogen-bond donors (Lipinski definition) is 2. The van der Waals surface area contributed by atoms with Crippen LogP contribution < -0.4 is 10.6 Å². The summed E-state index contributed by atoms with van der Waals surface area (Å²) in [4.78, 5) is 33.0. The number of aromatic nitrogens is 3. The maximum atomic E-state index is 12.2. The monoisotopic (exact) mass is 411 g/mol. The molecule has 8 nitrogen and oxygen atoms in total. The third-order valence-corrected chi connectivity index (χ3v) is 5.59. The van der Waals surface area contributed by atoms with Crippen molar-refractivity contribution in [3.63, 3.8) is 0 Å². The Balaban J connectivity index is 1.25. The molecule has 1 aromatic carbocycles. The summed E-state index contributed by atoms with van der Waals surface area (Å²) in [5, 5.41) is 11.8. The number of nitrogens with zero attached hydrogens (tertiary/aromatic N) is 3. The Kier molecular flexibility index (Phi) is 5.95. The zero-order valence-electron chi connectivity index (χ0n) is 15.8. The van der Waals surface area contributed by atoms with Crippen molar-refractivity contribution < 1.29 is 14.1 Å². The van der Waals surface area contributed by atoms with E-state index in [-0.39, 0.29) is 30.7 Å². The molecule has 1 saturated carbocycles. The van der Waals surface area contributed by atoms with Gasteiger partial charge in [0.25, 0.3) is 0 Å². The van der Waals surface area contributed by atoms with Crippen LogP contribution in [0.1, 0.15) is 37.3 Å². The minimum atomic E-state index is -0.205. The highest BCUT2D eigenvalue weighted by Crippen LogP contribution is 2.26. The third kappa shape index (κ3) is 5.05. The van der Waals surface area contributed by atoms with Gasteiger partial charge < -0.3 is 15.2 Å². The number of thiazole rings is 1. The Morgan fingerprint density at radius 1 is 1.14 bits per heavy atom. The van der Waals surface area contributed by atoms with Crippen molar-refractivity contribution in [2.24, 2.45) is 5.92 Å². The molecule has 150 valence electrons. The second kappa shape index (κ2) is 8.95. The van der Waals surface area contributed by atoms with Crippen LogP contribution in [0.25, 0.3) is 11.4 Å². The van der Waals surface area contributed by atoms with Gasteiger partial charge in [0.2, 0.25) is 23.5 Å². The second-order valence-electron chi connectivity index (χ2n) is 6.95. The molecule has 0 atom stereocenters. The van der Waals surface area contributed by atoms with Crippen LogP contribution in [0.3, 0.4) is 0 Å². The highest BCUT2D eigenvalue weighted by Gasteiger charge is 2.23. The molecule has 0 aliphatic heterocycles. The Hall–Kier alpha value is -3.07. The molecule has 0 saturated heterocycles. The molecule has 0 radical (unpaired) electrons. The van der Waals surface area contributed by atoms with E-state index in [0.717, 1.165) is 31.2 Å². The molecule has 4 rings (SSSR count). The first kappa shape index (κ1) is 19.3. The summed E-state index contributed by atoms with van der Waals surface area (Å²) in [5.74, 6) is 0.722.